The van der Waals surface area contributed by atoms with Crippen LogP contribution in [0.4, 0.5) is 0 Å². The van der Waals surface area contributed by atoms with Crippen molar-refractivity contribution in [3.8, 4) is 0 Å². The molecule has 0 aliphatic heterocycles. The molecule has 0 aromatic carbocycles. The summed E-state index contributed by atoms with van der Waals surface area (Å²) in [6.45, 7) is 10.4. The normalized spacial score (nSPS) is 13.6. The molecule has 22 heavy (non-hydrogen) atoms. The van der Waals surface area contributed by atoms with Crippen molar-refractivity contribution in [1.82, 2.24) is 15.5 Å². The monoisotopic (exact) mass is 448 g/mol. The number of hydrogen-bond donors (Lipinski definition) is 2. The van der Waals surface area contributed by atoms with E-state index in [-0.39, 0.29) is 35.8 Å². The maximum Gasteiger partial charge on any atom is 0.191 e. The van der Waals surface area contributed by atoms with Gasteiger partial charge in [-0.3, -0.25) is 4.99 Å². The molecule has 8 heteroatoms. The smallest absolute Gasteiger partial charge is 0.191 e. The van der Waals surface area contributed by atoms with Crippen LogP contribution in [-0.4, -0.2) is 70.6 Å². The summed E-state index contributed by atoms with van der Waals surface area (Å²) in [6, 6.07) is 0.0775. The first-order valence-electron chi connectivity index (χ1n) is 7.69. The first-order valence-corrected chi connectivity index (χ1v) is 9.75. The highest BCUT2D eigenvalue weighted by Gasteiger charge is 2.09. The summed E-state index contributed by atoms with van der Waals surface area (Å²) in [5.41, 5.74) is 0. The molecule has 0 saturated carbocycles. The van der Waals surface area contributed by atoms with E-state index in [2.05, 4.69) is 34.4 Å². The Hall–Kier alpha value is -0.0900. The molecular formula is C14H33IN4O2S. The zero-order chi connectivity index (χ0) is 16.3. The van der Waals surface area contributed by atoms with Gasteiger partial charge in [0.25, 0.3) is 0 Å². The Morgan fingerprint density at radius 1 is 1.27 bits per heavy atom. The third kappa shape index (κ3) is 13.6. The summed E-state index contributed by atoms with van der Waals surface area (Å²) < 4.78 is 22.3. The summed E-state index contributed by atoms with van der Waals surface area (Å²) in [4.78, 5) is 6.54. The van der Waals surface area contributed by atoms with Gasteiger partial charge >= 0.3 is 0 Å². The van der Waals surface area contributed by atoms with E-state index in [4.69, 9.17) is 0 Å². The fourth-order valence-corrected chi connectivity index (χ4v) is 2.72. The number of guanidine groups is 1. The van der Waals surface area contributed by atoms with E-state index in [1.54, 1.807) is 7.05 Å². The van der Waals surface area contributed by atoms with Gasteiger partial charge in [0, 0.05) is 25.9 Å². The standard InChI is InChI=1S/C14H32N4O2S.HI/c1-6-18(7-2)11-8-10-16-14(15-4)17-13(3)9-12-21(5,19)20;/h13H,6-12H2,1-5H3,(H2,15,16,17);1H. The quantitative estimate of drug-likeness (QED) is 0.228. The Balaban J connectivity index is 0. The predicted molar refractivity (Wildman–Crippen MR) is 106 cm³/mol. The zero-order valence-electron chi connectivity index (χ0n) is 14.6. The minimum absolute atomic E-state index is 0. The van der Waals surface area contributed by atoms with E-state index in [9.17, 15) is 8.42 Å². The van der Waals surface area contributed by atoms with Crippen LogP contribution in [0, 0.1) is 0 Å². The molecule has 0 bridgehead atoms. The van der Waals surface area contributed by atoms with Gasteiger partial charge in [-0.2, -0.15) is 0 Å². The SMILES string of the molecule is CCN(CC)CCCNC(=NC)NC(C)CCS(C)(=O)=O.I. The highest BCUT2D eigenvalue weighted by atomic mass is 127. The summed E-state index contributed by atoms with van der Waals surface area (Å²) in [7, 11) is -1.18. The van der Waals surface area contributed by atoms with Gasteiger partial charge in [0.1, 0.15) is 9.84 Å². The molecule has 0 aromatic rings. The van der Waals surface area contributed by atoms with Crippen LogP contribution < -0.4 is 10.6 Å². The second-order valence-corrected chi connectivity index (χ2v) is 7.60. The second kappa shape index (κ2) is 13.4. The lowest BCUT2D eigenvalue weighted by Crippen LogP contribution is -2.43. The lowest BCUT2D eigenvalue weighted by molar-refractivity contribution is 0.300. The van der Waals surface area contributed by atoms with Crippen molar-refractivity contribution in [3.05, 3.63) is 0 Å². The number of halogens is 1. The molecule has 0 aliphatic rings. The first-order chi connectivity index (χ1) is 9.82. The van der Waals surface area contributed by atoms with Crippen molar-refractivity contribution < 1.29 is 8.42 Å². The van der Waals surface area contributed by atoms with Crippen LogP contribution in [0.25, 0.3) is 0 Å². The highest BCUT2D eigenvalue weighted by molar-refractivity contribution is 14.0. The molecule has 0 rings (SSSR count). The van der Waals surface area contributed by atoms with Gasteiger partial charge in [0.05, 0.1) is 5.75 Å². The molecule has 0 saturated heterocycles. The van der Waals surface area contributed by atoms with Crippen molar-refractivity contribution in [2.75, 3.05) is 45.2 Å². The Bertz CT molecular complexity index is 398. The molecule has 6 nitrogen and oxygen atoms in total. The topological polar surface area (TPSA) is 73.8 Å². The van der Waals surface area contributed by atoms with Crippen LogP contribution in [0.1, 0.15) is 33.6 Å². The molecule has 0 heterocycles. The fourth-order valence-electron chi connectivity index (χ4n) is 1.94. The molecule has 0 spiro atoms. The first kappa shape index (κ1) is 24.2. The lowest BCUT2D eigenvalue weighted by Gasteiger charge is -2.20. The molecule has 2 N–H and O–H groups in total. The molecular weight excluding hydrogens is 415 g/mol. The van der Waals surface area contributed by atoms with Crippen molar-refractivity contribution in [1.29, 1.82) is 0 Å². The fraction of sp³-hybridized carbons (Fsp3) is 0.929. The Labute approximate surface area is 153 Å². The highest BCUT2D eigenvalue weighted by Crippen LogP contribution is 1.95. The average molecular weight is 448 g/mol. The second-order valence-electron chi connectivity index (χ2n) is 5.34. The molecule has 134 valence electrons. The van der Waals surface area contributed by atoms with E-state index in [1.165, 1.54) is 6.26 Å². The number of aliphatic imine (C=N–C) groups is 1. The molecule has 0 aromatic heterocycles. The lowest BCUT2D eigenvalue weighted by atomic mass is 10.3. The Morgan fingerprint density at radius 3 is 2.32 bits per heavy atom. The third-order valence-electron chi connectivity index (χ3n) is 3.37. The minimum Gasteiger partial charge on any atom is -0.356 e. The van der Waals surface area contributed by atoms with Crippen LogP contribution in [0.3, 0.4) is 0 Å². The van der Waals surface area contributed by atoms with Gasteiger partial charge in [-0.25, -0.2) is 8.42 Å². The third-order valence-corrected chi connectivity index (χ3v) is 4.34. The summed E-state index contributed by atoms with van der Waals surface area (Å²) in [5.74, 6) is 0.927. The molecule has 0 aliphatic carbocycles. The number of sulfone groups is 1. The average Bonchev–Trinajstić information content (AvgIpc) is 2.43. The van der Waals surface area contributed by atoms with E-state index in [0.717, 1.165) is 38.6 Å². The molecule has 0 fully saturated rings. The summed E-state index contributed by atoms with van der Waals surface area (Å²) >= 11 is 0. The molecule has 1 unspecified atom stereocenters. The van der Waals surface area contributed by atoms with Crippen LogP contribution >= 0.6 is 24.0 Å². The number of nitrogens with zero attached hydrogens (tertiary/aromatic N) is 2. The number of hydrogen-bond acceptors (Lipinski definition) is 4. The van der Waals surface area contributed by atoms with E-state index < -0.39 is 9.84 Å². The molecule has 0 amide bonds. The van der Waals surface area contributed by atoms with Gasteiger partial charge in [-0.05, 0) is 39.4 Å². The molecule has 0 radical (unpaired) electrons. The molecule has 1 atom stereocenters. The number of nitrogens with one attached hydrogen (secondary N) is 2. The zero-order valence-corrected chi connectivity index (χ0v) is 17.7. The van der Waals surface area contributed by atoms with Gasteiger partial charge in [0.15, 0.2) is 5.96 Å². The Morgan fingerprint density at radius 2 is 1.86 bits per heavy atom. The van der Waals surface area contributed by atoms with E-state index in [0.29, 0.717) is 6.42 Å². The van der Waals surface area contributed by atoms with Crippen LogP contribution in [0.2, 0.25) is 0 Å². The van der Waals surface area contributed by atoms with E-state index in [1.807, 2.05) is 6.92 Å². The van der Waals surface area contributed by atoms with Crippen LogP contribution in [-0.2, 0) is 9.84 Å². The maximum absolute atomic E-state index is 11.1. The summed E-state index contributed by atoms with van der Waals surface area (Å²) in [5, 5.41) is 6.48. The van der Waals surface area contributed by atoms with Crippen molar-refractivity contribution in [2.24, 2.45) is 4.99 Å². The summed E-state index contributed by atoms with van der Waals surface area (Å²) in [6.07, 6.45) is 2.90. The Kier molecular flexibility index (Phi) is 14.7. The minimum atomic E-state index is -2.90. The predicted octanol–water partition coefficient (Wildman–Crippen LogP) is 1.32. The largest absolute Gasteiger partial charge is 0.356 e. The maximum atomic E-state index is 11.1. The van der Waals surface area contributed by atoms with Gasteiger partial charge in [-0.15, -0.1) is 24.0 Å². The van der Waals surface area contributed by atoms with Crippen molar-refractivity contribution >= 4 is 39.8 Å². The van der Waals surface area contributed by atoms with Crippen LogP contribution in [0.15, 0.2) is 4.99 Å². The van der Waals surface area contributed by atoms with Gasteiger partial charge in [0.2, 0.25) is 0 Å². The van der Waals surface area contributed by atoms with E-state index >= 15 is 0 Å². The van der Waals surface area contributed by atoms with Crippen molar-refractivity contribution in [3.63, 3.8) is 0 Å². The van der Waals surface area contributed by atoms with Crippen molar-refractivity contribution in [2.45, 2.75) is 39.7 Å². The van der Waals surface area contributed by atoms with Crippen LogP contribution in [0.5, 0.6) is 0 Å². The van der Waals surface area contributed by atoms with Gasteiger partial charge in [-0.1, -0.05) is 13.8 Å². The number of rotatable bonds is 10. The van der Waals surface area contributed by atoms with Gasteiger partial charge < -0.3 is 15.5 Å².